The van der Waals surface area contributed by atoms with Crippen molar-refractivity contribution in [2.75, 3.05) is 11.9 Å². The number of carbonyl (C=O) groups excluding carboxylic acids is 2. The lowest BCUT2D eigenvalue weighted by Crippen LogP contribution is -2.25. The molecule has 0 saturated heterocycles. The summed E-state index contributed by atoms with van der Waals surface area (Å²) in [5, 5.41) is 5.52. The van der Waals surface area contributed by atoms with Crippen LogP contribution in [0.15, 0.2) is 61.2 Å². The maximum absolute atomic E-state index is 12.4. The normalized spacial score (nSPS) is 10.3. The summed E-state index contributed by atoms with van der Waals surface area (Å²) in [7, 11) is 0. The van der Waals surface area contributed by atoms with Crippen LogP contribution in [-0.2, 0) is 0 Å². The van der Waals surface area contributed by atoms with Crippen molar-refractivity contribution in [3.8, 4) is 0 Å². The van der Waals surface area contributed by atoms with Gasteiger partial charge >= 0.3 is 0 Å². The van der Waals surface area contributed by atoms with Gasteiger partial charge in [-0.25, -0.2) is 0 Å². The maximum atomic E-state index is 12.4. The molecular formula is C20H22N2O2. The second-order valence-corrected chi connectivity index (χ2v) is 5.78. The van der Waals surface area contributed by atoms with Crippen LogP contribution in [0.1, 0.15) is 46.0 Å². The lowest BCUT2D eigenvalue weighted by Gasteiger charge is -2.11. The van der Waals surface area contributed by atoms with Gasteiger partial charge in [0.05, 0.1) is 11.3 Å². The van der Waals surface area contributed by atoms with E-state index in [1.54, 1.807) is 42.5 Å². The van der Waals surface area contributed by atoms with Crippen LogP contribution in [0.3, 0.4) is 0 Å². The molecule has 4 nitrogen and oxygen atoms in total. The molecule has 2 N–H and O–H groups in total. The van der Waals surface area contributed by atoms with Crippen LogP contribution >= 0.6 is 0 Å². The molecule has 0 radical (unpaired) electrons. The van der Waals surface area contributed by atoms with Crippen LogP contribution in [0.5, 0.6) is 0 Å². The highest BCUT2D eigenvalue weighted by Gasteiger charge is 2.13. The second-order valence-electron chi connectivity index (χ2n) is 5.78. The van der Waals surface area contributed by atoms with Crippen molar-refractivity contribution >= 4 is 17.5 Å². The summed E-state index contributed by atoms with van der Waals surface area (Å²) < 4.78 is 0. The van der Waals surface area contributed by atoms with E-state index in [-0.39, 0.29) is 11.8 Å². The fourth-order valence-corrected chi connectivity index (χ4v) is 2.26. The van der Waals surface area contributed by atoms with Gasteiger partial charge in [-0.3, -0.25) is 9.59 Å². The first-order valence-electron chi connectivity index (χ1n) is 7.92. The summed E-state index contributed by atoms with van der Waals surface area (Å²) in [5.74, 6) is -0.0772. The standard InChI is InChI=1S/C20H22N2O2/c1-4-13-21-20(24)17-7-5-6-8-18(17)22-19(23)16-11-9-15(10-12-16)14(2)3/h4-12,14H,1,13H2,2-3H3,(H,21,24)(H,22,23). The van der Waals surface area contributed by atoms with Crippen molar-refractivity contribution in [2.45, 2.75) is 19.8 Å². The van der Waals surface area contributed by atoms with Crippen LogP contribution in [0.2, 0.25) is 0 Å². The molecule has 0 saturated carbocycles. The molecule has 0 spiro atoms. The van der Waals surface area contributed by atoms with Gasteiger partial charge in [0.15, 0.2) is 0 Å². The molecule has 0 bridgehead atoms. The molecule has 2 aromatic rings. The van der Waals surface area contributed by atoms with Gasteiger partial charge in [0, 0.05) is 12.1 Å². The van der Waals surface area contributed by atoms with E-state index in [0.717, 1.165) is 0 Å². The topological polar surface area (TPSA) is 58.2 Å². The third-order valence-electron chi connectivity index (χ3n) is 3.67. The van der Waals surface area contributed by atoms with Crippen LogP contribution in [-0.4, -0.2) is 18.4 Å². The zero-order valence-electron chi connectivity index (χ0n) is 14.0. The molecule has 0 fully saturated rings. The third-order valence-corrected chi connectivity index (χ3v) is 3.67. The Kier molecular flexibility index (Phi) is 5.90. The SMILES string of the molecule is C=CCNC(=O)c1ccccc1NC(=O)c1ccc(C(C)C)cc1. The highest BCUT2D eigenvalue weighted by Crippen LogP contribution is 2.18. The number of hydrogen-bond donors (Lipinski definition) is 2. The monoisotopic (exact) mass is 322 g/mol. The zero-order chi connectivity index (χ0) is 17.5. The lowest BCUT2D eigenvalue weighted by atomic mass is 10.0. The van der Waals surface area contributed by atoms with Gasteiger partial charge in [-0.15, -0.1) is 6.58 Å². The Morgan fingerprint density at radius 1 is 1.04 bits per heavy atom. The molecule has 2 aromatic carbocycles. The zero-order valence-corrected chi connectivity index (χ0v) is 14.0. The molecule has 2 rings (SSSR count). The first kappa shape index (κ1) is 17.5. The smallest absolute Gasteiger partial charge is 0.255 e. The average Bonchev–Trinajstić information content (AvgIpc) is 2.60. The van der Waals surface area contributed by atoms with Crippen LogP contribution in [0, 0.1) is 0 Å². The Balaban J connectivity index is 2.17. The summed E-state index contributed by atoms with van der Waals surface area (Å²) in [6.45, 7) is 8.15. The molecule has 0 atom stereocenters. The number of anilines is 1. The van der Waals surface area contributed by atoms with Crippen molar-refractivity contribution in [3.63, 3.8) is 0 Å². The van der Waals surface area contributed by atoms with Crippen LogP contribution in [0.25, 0.3) is 0 Å². The summed E-state index contributed by atoms with van der Waals surface area (Å²) in [6, 6.07) is 14.4. The predicted molar refractivity (Wildman–Crippen MR) is 97.5 cm³/mol. The van der Waals surface area contributed by atoms with Crippen LogP contribution < -0.4 is 10.6 Å². The van der Waals surface area contributed by atoms with Gasteiger partial charge in [0.25, 0.3) is 11.8 Å². The molecule has 0 aliphatic carbocycles. The number of rotatable bonds is 6. The third kappa shape index (κ3) is 4.32. The first-order chi connectivity index (χ1) is 11.5. The molecular weight excluding hydrogens is 300 g/mol. The van der Waals surface area contributed by atoms with Crippen LogP contribution in [0.4, 0.5) is 5.69 Å². The van der Waals surface area contributed by atoms with Crippen molar-refractivity contribution in [1.29, 1.82) is 0 Å². The Morgan fingerprint density at radius 2 is 1.71 bits per heavy atom. The van der Waals surface area contributed by atoms with Gasteiger partial charge in [-0.1, -0.05) is 44.2 Å². The van der Waals surface area contributed by atoms with E-state index in [1.165, 1.54) is 5.56 Å². The van der Waals surface area contributed by atoms with Gasteiger partial charge < -0.3 is 10.6 Å². The molecule has 4 heteroatoms. The number of hydrogen-bond acceptors (Lipinski definition) is 2. The van der Waals surface area contributed by atoms with E-state index in [4.69, 9.17) is 0 Å². The number of benzene rings is 2. The summed E-state index contributed by atoms with van der Waals surface area (Å²) in [4.78, 5) is 24.6. The van der Waals surface area contributed by atoms with E-state index in [1.807, 2.05) is 12.1 Å². The summed E-state index contributed by atoms with van der Waals surface area (Å²) in [6.07, 6.45) is 1.61. The number of para-hydroxylation sites is 1. The molecule has 0 heterocycles. The van der Waals surface area contributed by atoms with Gasteiger partial charge in [0.2, 0.25) is 0 Å². The van der Waals surface area contributed by atoms with E-state index in [9.17, 15) is 9.59 Å². The predicted octanol–water partition coefficient (Wildman–Crippen LogP) is 3.98. The quantitative estimate of drug-likeness (QED) is 0.790. The van der Waals surface area contributed by atoms with E-state index < -0.39 is 0 Å². The maximum Gasteiger partial charge on any atom is 0.255 e. The highest BCUT2D eigenvalue weighted by molar-refractivity contribution is 6.09. The fourth-order valence-electron chi connectivity index (χ4n) is 2.26. The molecule has 2 amide bonds. The molecule has 124 valence electrons. The molecule has 0 unspecified atom stereocenters. The van der Waals surface area contributed by atoms with Crippen molar-refractivity contribution < 1.29 is 9.59 Å². The Bertz CT molecular complexity index is 734. The van der Waals surface area contributed by atoms with E-state index >= 15 is 0 Å². The molecule has 24 heavy (non-hydrogen) atoms. The van der Waals surface area contributed by atoms with Gasteiger partial charge in [-0.05, 0) is 35.7 Å². The Labute approximate surface area is 142 Å². The lowest BCUT2D eigenvalue weighted by molar-refractivity contribution is 0.0959. The number of amides is 2. The van der Waals surface area contributed by atoms with E-state index in [2.05, 4.69) is 31.1 Å². The molecule has 0 aliphatic heterocycles. The van der Waals surface area contributed by atoms with Crippen molar-refractivity contribution in [3.05, 3.63) is 77.9 Å². The minimum Gasteiger partial charge on any atom is -0.349 e. The highest BCUT2D eigenvalue weighted by atomic mass is 16.2. The number of nitrogens with one attached hydrogen (secondary N) is 2. The van der Waals surface area contributed by atoms with Gasteiger partial charge in [-0.2, -0.15) is 0 Å². The fraction of sp³-hybridized carbons (Fsp3) is 0.200. The summed E-state index contributed by atoms with van der Waals surface area (Å²) in [5.41, 5.74) is 2.64. The van der Waals surface area contributed by atoms with Crippen molar-refractivity contribution in [1.82, 2.24) is 5.32 Å². The minimum atomic E-state index is -0.249. The minimum absolute atomic E-state index is 0.241. The Hall–Kier alpha value is -2.88. The molecule has 0 aromatic heterocycles. The largest absolute Gasteiger partial charge is 0.349 e. The van der Waals surface area contributed by atoms with E-state index in [0.29, 0.717) is 29.3 Å². The average molecular weight is 322 g/mol. The van der Waals surface area contributed by atoms with Gasteiger partial charge in [0.1, 0.15) is 0 Å². The summed E-state index contributed by atoms with van der Waals surface area (Å²) >= 11 is 0. The second kappa shape index (κ2) is 8.11. The number of carbonyl (C=O) groups is 2. The van der Waals surface area contributed by atoms with Crippen molar-refractivity contribution in [2.24, 2.45) is 0 Å². The molecule has 0 aliphatic rings. The Morgan fingerprint density at radius 3 is 2.33 bits per heavy atom. The first-order valence-corrected chi connectivity index (χ1v) is 7.92.